The number of nitrogen functional groups attached to an aromatic ring is 1. The molecule has 3 N–H and O–H groups in total. The summed E-state index contributed by atoms with van der Waals surface area (Å²) >= 11 is 0. The molecule has 1 saturated heterocycles. The number of likely N-dealkylation sites (N-methyl/N-ethyl adjacent to an activating group) is 1. The minimum Gasteiger partial charge on any atom is -0.399 e. The highest BCUT2D eigenvalue weighted by Crippen LogP contribution is 2.22. The van der Waals surface area contributed by atoms with E-state index < -0.39 is 0 Å². The Labute approximate surface area is 152 Å². The van der Waals surface area contributed by atoms with E-state index in [0.717, 1.165) is 44.8 Å². The first-order valence-electron chi connectivity index (χ1n) is 7.06. The molecule has 22 heavy (non-hydrogen) atoms. The average Bonchev–Trinajstić information content (AvgIpc) is 2.42. The molecule has 0 spiro atoms. The highest BCUT2D eigenvalue weighted by molar-refractivity contribution is 5.86. The van der Waals surface area contributed by atoms with E-state index in [0.29, 0.717) is 5.92 Å². The molecular weight excluding hydrogens is 345 g/mol. The van der Waals surface area contributed by atoms with Gasteiger partial charge in [-0.2, -0.15) is 0 Å². The molecule has 0 aliphatic carbocycles. The van der Waals surface area contributed by atoms with Crippen LogP contribution in [0.15, 0.2) is 24.3 Å². The Kier molecular flexibility index (Phi) is 13.4. The number of aliphatic hydroxyl groups excluding tert-OH is 1. The molecule has 0 bridgehead atoms. The van der Waals surface area contributed by atoms with Crippen LogP contribution in [-0.4, -0.2) is 61.3 Å². The molecule has 0 aromatic heterocycles. The second-order valence-electron chi connectivity index (χ2n) is 5.48. The summed E-state index contributed by atoms with van der Waals surface area (Å²) in [7, 11) is 2.17. The minimum absolute atomic E-state index is 0. The Bertz CT molecular complexity index is 384. The van der Waals surface area contributed by atoms with E-state index in [2.05, 4.69) is 29.0 Å². The second kappa shape index (κ2) is 12.2. The molecule has 0 saturated carbocycles. The SMILES string of the molecule is CN1CCN(CC(CCO)c2ccc(N)cc2)CC1.Cl.Cl.Cl. The fourth-order valence-electron chi connectivity index (χ4n) is 2.63. The molecule has 1 atom stereocenters. The lowest BCUT2D eigenvalue weighted by Crippen LogP contribution is -2.45. The molecule has 7 heteroatoms. The van der Waals surface area contributed by atoms with Gasteiger partial charge in [-0.05, 0) is 37.1 Å². The van der Waals surface area contributed by atoms with Crippen LogP contribution in [0.2, 0.25) is 0 Å². The first kappa shape index (κ1) is 24.0. The number of anilines is 1. The molecule has 4 nitrogen and oxygen atoms in total. The first-order valence-corrected chi connectivity index (χ1v) is 7.06. The molecule has 1 aliphatic heterocycles. The van der Waals surface area contributed by atoms with Gasteiger partial charge < -0.3 is 20.6 Å². The smallest absolute Gasteiger partial charge is 0.0437 e. The summed E-state index contributed by atoms with van der Waals surface area (Å²) in [4.78, 5) is 4.86. The van der Waals surface area contributed by atoms with Crippen molar-refractivity contribution in [1.82, 2.24) is 9.80 Å². The number of nitrogens with zero attached hydrogens (tertiary/aromatic N) is 2. The van der Waals surface area contributed by atoms with Crippen molar-refractivity contribution in [2.45, 2.75) is 12.3 Å². The lowest BCUT2D eigenvalue weighted by Gasteiger charge is -2.34. The summed E-state index contributed by atoms with van der Waals surface area (Å²) in [5, 5.41) is 9.27. The third-order valence-corrected chi connectivity index (χ3v) is 3.96. The lowest BCUT2D eigenvalue weighted by molar-refractivity contribution is 0.141. The van der Waals surface area contributed by atoms with Gasteiger partial charge >= 0.3 is 0 Å². The van der Waals surface area contributed by atoms with E-state index in [1.54, 1.807) is 0 Å². The number of hydrogen-bond donors (Lipinski definition) is 2. The topological polar surface area (TPSA) is 52.7 Å². The summed E-state index contributed by atoms with van der Waals surface area (Å²) in [6.45, 7) is 5.77. The molecule has 1 aromatic rings. The van der Waals surface area contributed by atoms with Gasteiger partial charge in [0.25, 0.3) is 0 Å². The second-order valence-corrected chi connectivity index (χ2v) is 5.48. The van der Waals surface area contributed by atoms with Crippen LogP contribution in [-0.2, 0) is 0 Å². The van der Waals surface area contributed by atoms with Crippen molar-refractivity contribution in [3.05, 3.63) is 29.8 Å². The Morgan fingerprint density at radius 1 is 1.05 bits per heavy atom. The summed E-state index contributed by atoms with van der Waals surface area (Å²) in [5.41, 5.74) is 7.81. The number of rotatable bonds is 5. The molecule has 1 aromatic carbocycles. The van der Waals surface area contributed by atoms with E-state index >= 15 is 0 Å². The quantitative estimate of drug-likeness (QED) is 0.778. The summed E-state index contributed by atoms with van der Waals surface area (Å²) in [6, 6.07) is 8.07. The van der Waals surface area contributed by atoms with Gasteiger partial charge in [-0.3, -0.25) is 0 Å². The van der Waals surface area contributed by atoms with Crippen molar-refractivity contribution in [3.8, 4) is 0 Å². The monoisotopic (exact) mass is 371 g/mol. The van der Waals surface area contributed by atoms with Crippen molar-refractivity contribution >= 4 is 42.9 Å². The molecule has 130 valence electrons. The van der Waals surface area contributed by atoms with E-state index in [9.17, 15) is 5.11 Å². The van der Waals surface area contributed by atoms with Crippen LogP contribution in [0.5, 0.6) is 0 Å². The van der Waals surface area contributed by atoms with Crippen LogP contribution in [0.4, 0.5) is 5.69 Å². The van der Waals surface area contributed by atoms with Gasteiger partial charge in [-0.15, -0.1) is 37.2 Å². The fraction of sp³-hybridized carbons (Fsp3) is 0.600. The number of nitrogens with two attached hydrogens (primary N) is 1. The van der Waals surface area contributed by atoms with Crippen LogP contribution < -0.4 is 5.73 Å². The van der Waals surface area contributed by atoms with Gasteiger partial charge in [0.05, 0.1) is 0 Å². The average molecular weight is 373 g/mol. The van der Waals surface area contributed by atoms with E-state index in [1.165, 1.54) is 5.56 Å². The summed E-state index contributed by atoms with van der Waals surface area (Å²) in [5.74, 6) is 0.397. The predicted octanol–water partition coefficient (Wildman–Crippen LogP) is 2.25. The highest BCUT2D eigenvalue weighted by atomic mass is 35.5. The third kappa shape index (κ3) is 7.36. The largest absolute Gasteiger partial charge is 0.399 e. The van der Waals surface area contributed by atoms with Gasteiger partial charge in [0, 0.05) is 45.0 Å². The Morgan fingerprint density at radius 3 is 2.09 bits per heavy atom. The van der Waals surface area contributed by atoms with Crippen molar-refractivity contribution in [3.63, 3.8) is 0 Å². The predicted molar refractivity (Wildman–Crippen MR) is 101 cm³/mol. The fourth-order valence-corrected chi connectivity index (χ4v) is 2.63. The van der Waals surface area contributed by atoms with Crippen molar-refractivity contribution < 1.29 is 5.11 Å². The van der Waals surface area contributed by atoms with Crippen LogP contribution in [0.3, 0.4) is 0 Å². The molecule has 1 fully saturated rings. The maximum Gasteiger partial charge on any atom is 0.0437 e. The first-order chi connectivity index (χ1) is 9.19. The van der Waals surface area contributed by atoms with E-state index in [4.69, 9.17) is 5.73 Å². The van der Waals surface area contributed by atoms with Gasteiger partial charge in [0.15, 0.2) is 0 Å². The summed E-state index contributed by atoms with van der Waals surface area (Å²) in [6.07, 6.45) is 0.816. The Hall–Kier alpha value is -0.230. The van der Waals surface area contributed by atoms with Crippen molar-refractivity contribution in [2.75, 3.05) is 52.1 Å². The van der Waals surface area contributed by atoms with E-state index in [1.807, 2.05) is 12.1 Å². The molecule has 1 unspecified atom stereocenters. The maximum atomic E-state index is 9.27. The number of piperazine rings is 1. The lowest BCUT2D eigenvalue weighted by atomic mass is 9.95. The van der Waals surface area contributed by atoms with Crippen LogP contribution in [0.25, 0.3) is 0 Å². The number of benzene rings is 1. The zero-order valence-corrected chi connectivity index (χ0v) is 15.4. The molecule has 0 radical (unpaired) electrons. The number of hydrogen-bond acceptors (Lipinski definition) is 4. The molecule has 0 amide bonds. The van der Waals surface area contributed by atoms with Crippen LogP contribution >= 0.6 is 37.2 Å². The van der Waals surface area contributed by atoms with Crippen molar-refractivity contribution in [2.24, 2.45) is 0 Å². The van der Waals surface area contributed by atoms with Gasteiger partial charge in [0.2, 0.25) is 0 Å². The third-order valence-electron chi connectivity index (χ3n) is 3.96. The standard InChI is InChI=1S/C15H25N3O.3ClH/c1-17-7-9-18(10-8-17)12-14(6-11-19)13-2-4-15(16)5-3-13;;;/h2-5,14,19H,6-12,16H2,1H3;3*1H. The maximum absolute atomic E-state index is 9.27. The van der Waals surface area contributed by atoms with Crippen LogP contribution in [0, 0.1) is 0 Å². The van der Waals surface area contributed by atoms with Gasteiger partial charge in [-0.1, -0.05) is 12.1 Å². The normalized spacial score (nSPS) is 16.8. The number of halogens is 3. The summed E-state index contributed by atoms with van der Waals surface area (Å²) < 4.78 is 0. The van der Waals surface area contributed by atoms with Crippen LogP contribution in [0.1, 0.15) is 17.9 Å². The number of aliphatic hydroxyl groups is 1. The van der Waals surface area contributed by atoms with Crippen molar-refractivity contribution in [1.29, 1.82) is 0 Å². The Morgan fingerprint density at radius 2 is 1.59 bits per heavy atom. The van der Waals surface area contributed by atoms with Gasteiger partial charge in [0.1, 0.15) is 0 Å². The Balaban J connectivity index is 0. The molecule has 1 aliphatic rings. The zero-order chi connectivity index (χ0) is 13.7. The molecule has 1 heterocycles. The molecule has 2 rings (SSSR count). The van der Waals surface area contributed by atoms with E-state index in [-0.39, 0.29) is 43.8 Å². The minimum atomic E-state index is 0. The van der Waals surface area contributed by atoms with Gasteiger partial charge in [-0.25, -0.2) is 0 Å². The zero-order valence-electron chi connectivity index (χ0n) is 13.0. The molecular formula is C15H28Cl3N3O. The highest BCUT2D eigenvalue weighted by Gasteiger charge is 2.19.